The Morgan fingerprint density at radius 2 is 1.89 bits per heavy atom. The van der Waals surface area contributed by atoms with Gasteiger partial charge in [-0.05, 0) is 39.0 Å². The van der Waals surface area contributed by atoms with E-state index in [0.29, 0.717) is 0 Å². The van der Waals surface area contributed by atoms with Gasteiger partial charge in [-0.25, -0.2) is 8.78 Å². The first-order valence-corrected chi connectivity index (χ1v) is 7.06. The van der Waals surface area contributed by atoms with Gasteiger partial charge in [0, 0.05) is 10.6 Å². The third kappa shape index (κ3) is 5.46. The van der Waals surface area contributed by atoms with Crippen molar-refractivity contribution in [1.29, 1.82) is 0 Å². The standard InChI is InChI=1S/C13H16F2O3S/c1-13(2,3)18-12(16)6-7-19(17)9-4-5-10(14)11(15)8-9/h4-5,8H,6-7H2,1-3H3. The molecule has 1 rings (SSSR count). The number of esters is 1. The van der Waals surface area contributed by atoms with Crippen LogP contribution in [0.3, 0.4) is 0 Å². The van der Waals surface area contributed by atoms with Gasteiger partial charge in [0.1, 0.15) is 5.60 Å². The maximum absolute atomic E-state index is 13.0. The quantitative estimate of drug-likeness (QED) is 0.801. The van der Waals surface area contributed by atoms with Crippen molar-refractivity contribution in [3.05, 3.63) is 29.8 Å². The fraction of sp³-hybridized carbons (Fsp3) is 0.462. The molecule has 6 heteroatoms. The molecule has 1 aromatic rings. The van der Waals surface area contributed by atoms with Crippen LogP contribution in [0, 0.1) is 11.6 Å². The van der Waals surface area contributed by atoms with Crippen molar-refractivity contribution in [2.45, 2.75) is 37.7 Å². The van der Waals surface area contributed by atoms with Gasteiger partial charge >= 0.3 is 5.97 Å². The molecule has 106 valence electrons. The van der Waals surface area contributed by atoms with Crippen molar-refractivity contribution in [3.63, 3.8) is 0 Å². The van der Waals surface area contributed by atoms with Gasteiger partial charge in [0.2, 0.25) is 0 Å². The second kappa shape index (κ2) is 6.23. The number of carbonyl (C=O) groups excluding carboxylic acids is 1. The molecule has 3 nitrogen and oxygen atoms in total. The third-order valence-corrected chi connectivity index (χ3v) is 3.42. The topological polar surface area (TPSA) is 43.4 Å². The Kier molecular flexibility index (Phi) is 5.17. The highest BCUT2D eigenvalue weighted by Crippen LogP contribution is 2.14. The monoisotopic (exact) mass is 290 g/mol. The first-order chi connectivity index (χ1) is 8.69. The summed E-state index contributed by atoms with van der Waals surface area (Å²) < 4.78 is 42.5. The minimum atomic E-state index is -1.56. The van der Waals surface area contributed by atoms with Gasteiger partial charge in [-0.15, -0.1) is 0 Å². The maximum atomic E-state index is 13.0. The van der Waals surface area contributed by atoms with E-state index in [2.05, 4.69) is 0 Å². The zero-order valence-corrected chi connectivity index (χ0v) is 11.9. The highest BCUT2D eigenvalue weighted by atomic mass is 32.2. The van der Waals surface area contributed by atoms with Crippen LogP contribution in [-0.2, 0) is 20.3 Å². The average Bonchev–Trinajstić information content (AvgIpc) is 2.27. The van der Waals surface area contributed by atoms with Crippen LogP contribution in [0.15, 0.2) is 23.1 Å². The lowest BCUT2D eigenvalue weighted by Gasteiger charge is -2.19. The second-order valence-corrected chi connectivity index (χ2v) is 6.53. The second-order valence-electron chi connectivity index (χ2n) is 4.96. The Bertz CT molecular complexity index is 495. The van der Waals surface area contributed by atoms with Gasteiger partial charge in [0.05, 0.1) is 17.2 Å². The molecule has 0 bridgehead atoms. The number of hydrogen-bond acceptors (Lipinski definition) is 3. The lowest BCUT2D eigenvalue weighted by Crippen LogP contribution is -2.24. The predicted molar refractivity (Wildman–Crippen MR) is 68.1 cm³/mol. The van der Waals surface area contributed by atoms with E-state index in [0.717, 1.165) is 12.1 Å². The smallest absolute Gasteiger partial charge is 0.307 e. The highest BCUT2D eigenvalue weighted by molar-refractivity contribution is 7.85. The molecule has 0 amide bonds. The zero-order chi connectivity index (χ0) is 14.6. The fourth-order valence-electron chi connectivity index (χ4n) is 1.30. The van der Waals surface area contributed by atoms with Gasteiger partial charge in [-0.1, -0.05) is 0 Å². The van der Waals surface area contributed by atoms with Crippen molar-refractivity contribution < 1.29 is 22.5 Å². The van der Waals surface area contributed by atoms with Crippen LogP contribution in [0.2, 0.25) is 0 Å². The minimum absolute atomic E-state index is 0.0139. The summed E-state index contributed by atoms with van der Waals surface area (Å²) in [5.74, 6) is -2.50. The third-order valence-electron chi connectivity index (χ3n) is 2.07. The Morgan fingerprint density at radius 1 is 1.26 bits per heavy atom. The molecular formula is C13H16F2O3S. The van der Waals surface area contributed by atoms with Crippen molar-refractivity contribution in [2.24, 2.45) is 0 Å². The lowest BCUT2D eigenvalue weighted by molar-refractivity contribution is -0.154. The summed E-state index contributed by atoms with van der Waals surface area (Å²) in [6, 6.07) is 3.03. The molecule has 0 heterocycles. The molecule has 1 unspecified atom stereocenters. The molecule has 0 fully saturated rings. The number of halogens is 2. The number of rotatable bonds is 4. The summed E-state index contributed by atoms with van der Waals surface area (Å²) >= 11 is 0. The number of benzene rings is 1. The number of hydrogen-bond donors (Lipinski definition) is 0. The fourth-order valence-corrected chi connectivity index (χ4v) is 2.35. The molecule has 0 spiro atoms. The molecule has 0 saturated carbocycles. The van der Waals surface area contributed by atoms with E-state index in [1.165, 1.54) is 6.07 Å². The summed E-state index contributed by atoms with van der Waals surface area (Å²) in [7, 11) is -1.56. The van der Waals surface area contributed by atoms with E-state index in [4.69, 9.17) is 4.74 Å². The van der Waals surface area contributed by atoms with Gasteiger partial charge in [0.15, 0.2) is 11.6 Å². The summed E-state index contributed by atoms with van der Waals surface area (Å²) in [5, 5.41) is 0. The molecule has 0 aliphatic carbocycles. The largest absolute Gasteiger partial charge is 0.460 e. The van der Waals surface area contributed by atoms with Crippen molar-refractivity contribution in [2.75, 3.05) is 5.75 Å². The Balaban J connectivity index is 2.56. The molecule has 19 heavy (non-hydrogen) atoms. The van der Waals surface area contributed by atoms with Crippen LogP contribution in [0.4, 0.5) is 8.78 Å². The summed E-state index contributed by atoms with van der Waals surface area (Å²) in [6.45, 7) is 5.20. The minimum Gasteiger partial charge on any atom is -0.460 e. The van der Waals surface area contributed by atoms with Crippen LogP contribution >= 0.6 is 0 Å². The first kappa shape index (κ1) is 15.8. The molecule has 0 aromatic heterocycles. The van der Waals surface area contributed by atoms with Gasteiger partial charge in [0.25, 0.3) is 0 Å². The summed E-state index contributed by atoms with van der Waals surface area (Å²) in [6.07, 6.45) is -0.0388. The average molecular weight is 290 g/mol. The molecule has 0 aliphatic heterocycles. The molecule has 0 N–H and O–H groups in total. The first-order valence-electron chi connectivity index (χ1n) is 5.74. The normalized spacial score (nSPS) is 13.1. The summed E-state index contributed by atoms with van der Waals surface area (Å²) in [4.78, 5) is 11.6. The van der Waals surface area contributed by atoms with Crippen molar-refractivity contribution in [3.8, 4) is 0 Å². The van der Waals surface area contributed by atoms with Crippen LogP contribution < -0.4 is 0 Å². The van der Waals surface area contributed by atoms with Crippen molar-refractivity contribution in [1.82, 2.24) is 0 Å². The van der Waals surface area contributed by atoms with E-state index in [9.17, 15) is 17.8 Å². The zero-order valence-electron chi connectivity index (χ0n) is 11.0. The highest BCUT2D eigenvalue weighted by Gasteiger charge is 2.17. The van der Waals surface area contributed by atoms with E-state index in [-0.39, 0.29) is 17.1 Å². The predicted octanol–water partition coefficient (Wildman–Crippen LogP) is 2.80. The molecule has 0 aliphatic rings. The van der Waals surface area contributed by atoms with Gasteiger partial charge in [-0.3, -0.25) is 9.00 Å². The van der Waals surface area contributed by atoms with E-state index < -0.39 is 34.0 Å². The Hall–Kier alpha value is -1.30. The Labute approximate surface area is 113 Å². The SMILES string of the molecule is CC(C)(C)OC(=O)CCS(=O)c1ccc(F)c(F)c1. The van der Waals surface area contributed by atoms with Gasteiger partial charge in [-0.2, -0.15) is 0 Å². The Morgan fingerprint density at radius 3 is 2.42 bits per heavy atom. The molecule has 1 atom stereocenters. The lowest BCUT2D eigenvalue weighted by atomic mass is 10.2. The molecule has 1 aromatic carbocycles. The van der Waals surface area contributed by atoms with E-state index >= 15 is 0 Å². The summed E-state index contributed by atoms with van der Waals surface area (Å²) in [5.41, 5.74) is -0.597. The van der Waals surface area contributed by atoms with Crippen LogP contribution in [-0.4, -0.2) is 21.5 Å². The van der Waals surface area contributed by atoms with E-state index in [1.54, 1.807) is 20.8 Å². The van der Waals surface area contributed by atoms with Crippen LogP contribution in [0.5, 0.6) is 0 Å². The molecule has 0 saturated heterocycles. The van der Waals surface area contributed by atoms with Gasteiger partial charge < -0.3 is 4.74 Å². The van der Waals surface area contributed by atoms with Crippen molar-refractivity contribution >= 4 is 16.8 Å². The van der Waals surface area contributed by atoms with Crippen LogP contribution in [0.25, 0.3) is 0 Å². The molecule has 0 radical (unpaired) electrons. The maximum Gasteiger partial charge on any atom is 0.307 e. The van der Waals surface area contributed by atoms with Crippen LogP contribution in [0.1, 0.15) is 27.2 Å². The number of carbonyl (C=O) groups is 1. The molecular weight excluding hydrogens is 274 g/mol. The number of ether oxygens (including phenoxy) is 1. The van der Waals surface area contributed by atoms with E-state index in [1.807, 2.05) is 0 Å².